The summed E-state index contributed by atoms with van der Waals surface area (Å²) in [5.41, 5.74) is 0.778. The molecule has 0 spiro atoms. The Bertz CT molecular complexity index is 2040. The average Bonchev–Trinajstić information content (AvgIpc) is 3.76. The molecule has 0 radical (unpaired) electrons. The highest BCUT2D eigenvalue weighted by Crippen LogP contribution is 2.29. The Hall–Kier alpha value is -4.58. The van der Waals surface area contributed by atoms with E-state index in [-0.39, 0.29) is 62.4 Å². The number of H-pyrrole nitrogens is 1. The van der Waals surface area contributed by atoms with E-state index >= 15 is 0 Å². The first-order valence-corrected chi connectivity index (χ1v) is 24.3. The number of benzene rings is 2. The van der Waals surface area contributed by atoms with Gasteiger partial charge in [0.15, 0.2) is 0 Å². The number of imidazole rings is 1. The van der Waals surface area contributed by atoms with Gasteiger partial charge in [-0.05, 0) is 68.7 Å². The summed E-state index contributed by atoms with van der Waals surface area (Å²) >= 11 is 0. The topological polar surface area (TPSA) is 223 Å². The van der Waals surface area contributed by atoms with Gasteiger partial charge >= 0.3 is 6.09 Å². The number of sulfonamides is 1. The summed E-state index contributed by atoms with van der Waals surface area (Å²) in [5.74, 6) is -0.998. The maximum absolute atomic E-state index is 14.9. The number of carbonyl (C=O) groups excluding carboxylic acids is 4. The number of fused-ring (bicyclic) bond motifs is 1. The molecule has 1 aliphatic carbocycles. The fraction of sp³-hybridized carbons (Fsp3) is 0.630. The van der Waals surface area contributed by atoms with E-state index < -0.39 is 57.8 Å². The molecule has 1 saturated heterocycles. The normalized spacial score (nSPS) is 17.4. The molecule has 1 aromatic heterocycles. The van der Waals surface area contributed by atoms with Crippen molar-refractivity contribution in [2.75, 3.05) is 25.4 Å². The largest absolute Gasteiger partial charge is 0.444 e. The van der Waals surface area contributed by atoms with E-state index in [2.05, 4.69) is 25.3 Å². The van der Waals surface area contributed by atoms with E-state index in [1.165, 1.54) is 11.2 Å². The van der Waals surface area contributed by atoms with Crippen molar-refractivity contribution in [1.82, 2.24) is 35.1 Å². The molecular weight excluding hydrogens is 827 g/mol. The predicted octanol–water partition coefficient (Wildman–Crippen LogP) is 4.70. The second-order valence-corrected chi connectivity index (χ2v) is 20.2. The maximum atomic E-state index is 14.9. The molecule has 2 fully saturated rings. The zero-order valence-corrected chi connectivity index (χ0v) is 38.2. The molecule has 2 aromatic carbocycles. The van der Waals surface area contributed by atoms with Crippen LogP contribution in [-0.2, 0) is 42.1 Å². The third-order valence-electron chi connectivity index (χ3n) is 11.9. The molecule has 16 nitrogen and oxygen atoms in total. The lowest BCUT2D eigenvalue weighted by Crippen LogP contribution is -2.55. The SMILES string of the molecule is CCCS(=O)(=O)NC[C@H](O)C[C@H](O)[C@H](CC1CCCCC1)NC(=O)C(Cc1cnc[nH]1)N(Cc1cccc2ccccc12)C(=O)CCC(=O)N1CCC(NC(=O)OC(C)(C)C)CC1. The Labute approximate surface area is 372 Å². The van der Waals surface area contributed by atoms with Crippen LogP contribution in [0.2, 0.25) is 0 Å². The van der Waals surface area contributed by atoms with Crippen molar-refractivity contribution >= 4 is 44.6 Å². The number of nitrogens with zero attached hydrogens (tertiary/aromatic N) is 3. The fourth-order valence-electron chi connectivity index (χ4n) is 8.66. The van der Waals surface area contributed by atoms with Crippen LogP contribution in [0.25, 0.3) is 10.8 Å². The van der Waals surface area contributed by atoms with E-state index in [0.717, 1.165) is 48.4 Å². The molecule has 1 aliphatic heterocycles. The molecule has 5 rings (SSSR count). The summed E-state index contributed by atoms with van der Waals surface area (Å²) in [6, 6.07) is 11.5. The third-order valence-corrected chi connectivity index (χ3v) is 13.5. The van der Waals surface area contributed by atoms with Crippen LogP contribution in [0.1, 0.15) is 116 Å². The van der Waals surface area contributed by atoms with Crippen molar-refractivity contribution < 1.29 is 42.5 Å². The second kappa shape index (κ2) is 23.4. The van der Waals surface area contributed by atoms with Crippen LogP contribution in [0.5, 0.6) is 0 Å². The number of alkyl carbamates (subject to hydrolysis) is 1. The predicted molar refractivity (Wildman–Crippen MR) is 241 cm³/mol. The van der Waals surface area contributed by atoms with Gasteiger partial charge in [-0.15, -0.1) is 0 Å². The van der Waals surface area contributed by atoms with E-state index in [4.69, 9.17) is 4.74 Å². The number of aromatic amines is 1. The molecule has 1 saturated carbocycles. The van der Waals surface area contributed by atoms with E-state index in [1.54, 1.807) is 38.8 Å². The highest BCUT2D eigenvalue weighted by molar-refractivity contribution is 7.89. The highest BCUT2D eigenvalue weighted by Gasteiger charge is 2.36. The lowest BCUT2D eigenvalue weighted by Gasteiger charge is -2.36. The van der Waals surface area contributed by atoms with Gasteiger partial charge in [-0.25, -0.2) is 22.9 Å². The number of nitrogens with one attached hydrogen (secondary N) is 4. The standard InChI is InChI=1S/C46H69N7O9S/c1-5-24-63(60,61)49-29-37(54)27-41(55)39(25-32-12-7-6-8-13-32)51-44(58)40(26-36-28-47-31-48-36)53(30-34-16-11-15-33-14-9-10-17-38(33)34)43(57)19-18-42(56)52-22-20-35(21-23-52)50-45(59)62-46(2,3)4/h9-11,14-17,28,31-32,35,37,39-41,49,54-55H,5-8,12-13,18-27,29-30H2,1-4H3,(H,47,48)(H,50,59)(H,51,58)/t37-,39+,40?,41+/m1/s1. The summed E-state index contributed by atoms with van der Waals surface area (Å²) in [6.07, 6.45) is 6.70. The lowest BCUT2D eigenvalue weighted by molar-refractivity contribution is -0.143. The first kappa shape index (κ1) is 49.4. The summed E-state index contributed by atoms with van der Waals surface area (Å²) in [4.78, 5) is 66.0. The number of likely N-dealkylation sites (tertiary alicyclic amines) is 1. The molecule has 63 heavy (non-hydrogen) atoms. The molecule has 4 atom stereocenters. The van der Waals surface area contributed by atoms with Crippen LogP contribution in [0.4, 0.5) is 4.79 Å². The minimum atomic E-state index is -3.59. The summed E-state index contributed by atoms with van der Waals surface area (Å²) < 4.78 is 32.4. The quantitative estimate of drug-likeness (QED) is 0.0866. The average molecular weight is 896 g/mol. The van der Waals surface area contributed by atoms with Gasteiger partial charge in [0, 0.05) is 69.8 Å². The van der Waals surface area contributed by atoms with Gasteiger partial charge in [0.2, 0.25) is 27.7 Å². The monoisotopic (exact) mass is 895 g/mol. The minimum absolute atomic E-state index is 0.0504. The van der Waals surface area contributed by atoms with Crippen molar-refractivity contribution in [1.29, 1.82) is 0 Å². The van der Waals surface area contributed by atoms with Crippen LogP contribution in [-0.4, -0.2) is 124 Å². The van der Waals surface area contributed by atoms with Crippen molar-refractivity contribution in [3.05, 3.63) is 66.2 Å². The van der Waals surface area contributed by atoms with Crippen molar-refractivity contribution in [3.8, 4) is 0 Å². The zero-order valence-electron chi connectivity index (χ0n) is 37.4. The Morgan fingerprint density at radius 1 is 0.984 bits per heavy atom. The zero-order chi connectivity index (χ0) is 45.6. The maximum Gasteiger partial charge on any atom is 0.407 e. The number of hydrogen-bond acceptors (Lipinski definition) is 10. The molecule has 3 aromatic rings. The number of aliphatic hydroxyl groups is 2. The van der Waals surface area contributed by atoms with Gasteiger partial charge in [0.25, 0.3) is 0 Å². The second-order valence-electron chi connectivity index (χ2n) is 18.2. The molecule has 6 N–H and O–H groups in total. The Morgan fingerprint density at radius 2 is 1.70 bits per heavy atom. The Morgan fingerprint density at radius 3 is 2.38 bits per heavy atom. The van der Waals surface area contributed by atoms with Crippen LogP contribution < -0.4 is 15.4 Å². The molecule has 1 unspecified atom stereocenters. The Balaban J connectivity index is 1.37. The lowest BCUT2D eigenvalue weighted by atomic mass is 9.83. The van der Waals surface area contributed by atoms with Crippen molar-refractivity contribution in [2.24, 2.45) is 5.92 Å². The first-order chi connectivity index (χ1) is 30.0. The van der Waals surface area contributed by atoms with Gasteiger partial charge in [0.05, 0.1) is 30.3 Å². The van der Waals surface area contributed by atoms with Gasteiger partial charge in [-0.1, -0.05) is 81.5 Å². The number of hydrogen-bond donors (Lipinski definition) is 6. The minimum Gasteiger partial charge on any atom is -0.444 e. The van der Waals surface area contributed by atoms with Crippen LogP contribution in [0, 0.1) is 5.92 Å². The molecule has 4 amide bonds. The van der Waals surface area contributed by atoms with E-state index in [9.17, 15) is 37.8 Å². The van der Waals surface area contributed by atoms with Gasteiger partial charge in [0.1, 0.15) is 11.6 Å². The molecule has 2 heterocycles. The third kappa shape index (κ3) is 15.9. The molecule has 2 aliphatic rings. The number of aromatic nitrogens is 2. The van der Waals surface area contributed by atoms with Gasteiger partial charge in [-0.3, -0.25) is 14.4 Å². The highest BCUT2D eigenvalue weighted by atomic mass is 32.2. The van der Waals surface area contributed by atoms with E-state index in [0.29, 0.717) is 44.5 Å². The molecule has 17 heteroatoms. The number of amides is 4. The Kier molecular flexibility index (Phi) is 18.3. The van der Waals surface area contributed by atoms with Crippen LogP contribution in [0.3, 0.4) is 0 Å². The molecule has 0 bridgehead atoms. The number of rotatable bonds is 21. The summed E-state index contributed by atoms with van der Waals surface area (Å²) in [6.45, 7) is 7.71. The van der Waals surface area contributed by atoms with Crippen molar-refractivity contribution in [3.63, 3.8) is 0 Å². The van der Waals surface area contributed by atoms with Crippen LogP contribution >= 0.6 is 0 Å². The van der Waals surface area contributed by atoms with E-state index in [1.807, 2.05) is 42.5 Å². The molecule has 348 valence electrons. The number of piperidine rings is 1. The fourth-order valence-corrected chi connectivity index (χ4v) is 9.79. The van der Waals surface area contributed by atoms with Gasteiger partial charge in [-0.2, -0.15) is 0 Å². The number of aliphatic hydroxyl groups excluding tert-OH is 2. The number of carbonyl (C=O) groups is 4. The van der Waals surface area contributed by atoms with Crippen LogP contribution in [0.15, 0.2) is 55.0 Å². The van der Waals surface area contributed by atoms with Crippen molar-refractivity contribution in [2.45, 2.75) is 154 Å². The van der Waals surface area contributed by atoms with Gasteiger partial charge < -0.3 is 40.4 Å². The summed E-state index contributed by atoms with van der Waals surface area (Å²) in [7, 11) is -3.59. The smallest absolute Gasteiger partial charge is 0.407 e. The number of ether oxygens (including phenoxy) is 1. The first-order valence-electron chi connectivity index (χ1n) is 22.6. The molecular formula is C46H69N7O9S. The summed E-state index contributed by atoms with van der Waals surface area (Å²) in [5, 5.41) is 30.4.